The zero-order valence-corrected chi connectivity index (χ0v) is 11.9. The fraction of sp³-hybridized carbons (Fsp3) is 0.857. The van der Waals surface area contributed by atoms with Crippen LogP contribution in [-0.4, -0.2) is 29.1 Å². The number of hydrogen-bond acceptors (Lipinski definition) is 3. The van der Waals surface area contributed by atoms with Crippen LogP contribution in [0.5, 0.6) is 0 Å². The van der Waals surface area contributed by atoms with Gasteiger partial charge in [-0.2, -0.15) is 5.10 Å². The fourth-order valence-electron chi connectivity index (χ4n) is 2.41. The van der Waals surface area contributed by atoms with Crippen molar-refractivity contribution in [3.63, 3.8) is 0 Å². The molecule has 1 aliphatic rings. The summed E-state index contributed by atoms with van der Waals surface area (Å²) < 4.78 is 0. The first-order valence-electron chi connectivity index (χ1n) is 7.37. The van der Waals surface area contributed by atoms with Crippen LogP contribution < -0.4 is 5.73 Å². The average molecular weight is 252 g/mol. The van der Waals surface area contributed by atoms with E-state index in [1.165, 1.54) is 44.9 Å². The maximum absolute atomic E-state index is 7.52. The molecule has 18 heavy (non-hydrogen) atoms. The smallest absolute Gasteiger partial charge is 0.139 e. The Morgan fingerprint density at radius 3 is 2.56 bits per heavy atom. The van der Waals surface area contributed by atoms with Crippen molar-refractivity contribution in [1.29, 1.82) is 5.41 Å². The molecule has 0 bridgehead atoms. The number of rotatable bonds is 9. The van der Waals surface area contributed by atoms with E-state index in [4.69, 9.17) is 11.1 Å². The van der Waals surface area contributed by atoms with Crippen LogP contribution in [0.3, 0.4) is 0 Å². The molecule has 0 aliphatic carbocycles. The Morgan fingerprint density at radius 1 is 1.28 bits per heavy atom. The standard InChI is InChI=1S/C14H28N4/c1-3-5-7-9-12-11-13(14(15)16)17-18(12)10-8-6-4-2/h12H,3-11H2,1-2H3,(H3,15,16). The minimum atomic E-state index is 0.147. The summed E-state index contributed by atoms with van der Waals surface area (Å²) in [4.78, 5) is 0. The van der Waals surface area contributed by atoms with Crippen molar-refractivity contribution in [2.45, 2.75) is 71.3 Å². The summed E-state index contributed by atoms with van der Waals surface area (Å²) in [6, 6.07) is 0.479. The Morgan fingerprint density at radius 2 is 1.94 bits per heavy atom. The molecule has 0 saturated carbocycles. The van der Waals surface area contributed by atoms with Gasteiger partial charge in [-0.1, -0.05) is 46.0 Å². The predicted octanol–water partition coefficient (Wildman–Crippen LogP) is 3.12. The molecule has 4 nitrogen and oxygen atoms in total. The normalized spacial score (nSPS) is 19.1. The Balaban J connectivity index is 2.45. The molecule has 104 valence electrons. The molecule has 0 aromatic rings. The van der Waals surface area contributed by atoms with Gasteiger partial charge in [0.1, 0.15) is 11.5 Å². The van der Waals surface area contributed by atoms with Crippen LogP contribution >= 0.6 is 0 Å². The highest BCUT2D eigenvalue weighted by atomic mass is 15.5. The number of nitrogens with zero attached hydrogens (tertiary/aromatic N) is 2. The van der Waals surface area contributed by atoms with Gasteiger partial charge < -0.3 is 5.73 Å². The molecule has 4 heteroatoms. The third-order valence-corrected chi connectivity index (χ3v) is 3.54. The van der Waals surface area contributed by atoms with Crippen LogP contribution in [0.1, 0.15) is 65.2 Å². The SMILES string of the molecule is CCCCCC1CC(C(=N)N)=NN1CCCCC. The molecule has 0 saturated heterocycles. The van der Waals surface area contributed by atoms with Crippen molar-refractivity contribution in [2.75, 3.05) is 6.54 Å². The lowest BCUT2D eigenvalue weighted by atomic mass is 10.0. The number of amidine groups is 1. The van der Waals surface area contributed by atoms with E-state index < -0.39 is 0 Å². The second kappa shape index (κ2) is 8.11. The second-order valence-corrected chi connectivity index (χ2v) is 5.18. The molecule has 1 heterocycles. The molecule has 1 rings (SSSR count). The van der Waals surface area contributed by atoms with Gasteiger partial charge >= 0.3 is 0 Å². The van der Waals surface area contributed by atoms with Gasteiger partial charge in [0.2, 0.25) is 0 Å². The molecule has 1 aliphatic heterocycles. The lowest BCUT2D eigenvalue weighted by molar-refractivity contribution is 0.212. The number of hydrazone groups is 1. The summed E-state index contributed by atoms with van der Waals surface area (Å²) in [7, 11) is 0. The summed E-state index contributed by atoms with van der Waals surface area (Å²) in [6.07, 6.45) is 9.52. The van der Waals surface area contributed by atoms with Crippen molar-refractivity contribution in [1.82, 2.24) is 5.01 Å². The molecule has 0 aromatic heterocycles. The maximum atomic E-state index is 7.52. The second-order valence-electron chi connectivity index (χ2n) is 5.18. The molecule has 1 unspecified atom stereocenters. The molecule has 1 atom stereocenters. The van der Waals surface area contributed by atoms with Gasteiger partial charge in [0.05, 0.1) is 6.04 Å². The zero-order valence-electron chi connectivity index (χ0n) is 11.9. The van der Waals surface area contributed by atoms with E-state index in [2.05, 4.69) is 24.0 Å². The molecule has 0 amide bonds. The quantitative estimate of drug-likeness (QED) is 0.376. The summed E-state index contributed by atoms with van der Waals surface area (Å²) in [6.45, 7) is 5.46. The first-order valence-corrected chi connectivity index (χ1v) is 7.37. The first kappa shape index (κ1) is 15.0. The molecule has 0 radical (unpaired) electrons. The van der Waals surface area contributed by atoms with E-state index in [1.807, 2.05) is 0 Å². The third-order valence-electron chi connectivity index (χ3n) is 3.54. The largest absolute Gasteiger partial charge is 0.383 e. The number of hydrogen-bond donors (Lipinski definition) is 2. The summed E-state index contributed by atoms with van der Waals surface area (Å²) in [5.74, 6) is 0.147. The van der Waals surface area contributed by atoms with Gasteiger partial charge in [-0.15, -0.1) is 0 Å². The van der Waals surface area contributed by atoms with Gasteiger partial charge in [0, 0.05) is 13.0 Å². The van der Waals surface area contributed by atoms with Crippen molar-refractivity contribution in [2.24, 2.45) is 10.8 Å². The average Bonchev–Trinajstić information content (AvgIpc) is 2.74. The van der Waals surface area contributed by atoms with Gasteiger partial charge in [0.15, 0.2) is 0 Å². The Kier molecular flexibility index (Phi) is 6.76. The monoisotopic (exact) mass is 252 g/mol. The van der Waals surface area contributed by atoms with E-state index in [0.717, 1.165) is 18.7 Å². The molecule has 0 fully saturated rings. The highest BCUT2D eigenvalue weighted by molar-refractivity contribution is 6.40. The zero-order chi connectivity index (χ0) is 13.4. The van der Waals surface area contributed by atoms with Crippen molar-refractivity contribution in [3.8, 4) is 0 Å². The van der Waals surface area contributed by atoms with E-state index in [0.29, 0.717) is 6.04 Å². The summed E-state index contributed by atoms with van der Waals surface area (Å²) in [5, 5.41) is 14.2. The molecule has 0 spiro atoms. The van der Waals surface area contributed by atoms with Crippen LogP contribution in [0.2, 0.25) is 0 Å². The molecular formula is C14H28N4. The van der Waals surface area contributed by atoms with Crippen LogP contribution in [0, 0.1) is 5.41 Å². The van der Waals surface area contributed by atoms with E-state index in [-0.39, 0.29) is 5.84 Å². The fourth-order valence-corrected chi connectivity index (χ4v) is 2.41. The topological polar surface area (TPSA) is 65.5 Å². The van der Waals surface area contributed by atoms with Crippen molar-refractivity contribution < 1.29 is 0 Å². The summed E-state index contributed by atoms with van der Waals surface area (Å²) >= 11 is 0. The highest BCUT2D eigenvalue weighted by Crippen LogP contribution is 2.21. The highest BCUT2D eigenvalue weighted by Gasteiger charge is 2.26. The van der Waals surface area contributed by atoms with E-state index >= 15 is 0 Å². The lowest BCUT2D eigenvalue weighted by Crippen LogP contribution is -2.28. The predicted molar refractivity (Wildman–Crippen MR) is 78.1 cm³/mol. The van der Waals surface area contributed by atoms with Crippen LogP contribution in [-0.2, 0) is 0 Å². The van der Waals surface area contributed by atoms with Crippen LogP contribution in [0.25, 0.3) is 0 Å². The van der Waals surface area contributed by atoms with Gasteiger partial charge in [0.25, 0.3) is 0 Å². The molecule has 0 aromatic carbocycles. The number of nitrogens with two attached hydrogens (primary N) is 1. The Bertz CT molecular complexity index is 286. The van der Waals surface area contributed by atoms with E-state index in [1.54, 1.807) is 0 Å². The minimum Gasteiger partial charge on any atom is -0.383 e. The Labute approximate surface area is 111 Å². The van der Waals surface area contributed by atoms with E-state index in [9.17, 15) is 0 Å². The Hall–Kier alpha value is -1.06. The number of nitrogens with one attached hydrogen (secondary N) is 1. The first-order chi connectivity index (χ1) is 8.69. The molecular weight excluding hydrogens is 224 g/mol. The van der Waals surface area contributed by atoms with Crippen molar-refractivity contribution >= 4 is 11.5 Å². The van der Waals surface area contributed by atoms with Crippen LogP contribution in [0.4, 0.5) is 0 Å². The molecule has 3 N–H and O–H groups in total. The van der Waals surface area contributed by atoms with Crippen molar-refractivity contribution in [3.05, 3.63) is 0 Å². The lowest BCUT2D eigenvalue weighted by Gasteiger charge is -2.23. The van der Waals surface area contributed by atoms with Gasteiger partial charge in [-0.05, 0) is 12.8 Å². The summed E-state index contributed by atoms with van der Waals surface area (Å²) in [5.41, 5.74) is 6.34. The minimum absolute atomic E-state index is 0.147. The van der Waals surface area contributed by atoms with Gasteiger partial charge in [-0.25, -0.2) is 0 Å². The van der Waals surface area contributed by atoms with Gasteiger partial charge in [-0.3, -0.25) is 10.4 Å². The van der Waals surface area contributed by atoms with Crippen LogP contribution in [0.15, 0.2) is 5.10 Å². The maximum Gasteiger partial charge on any atom is 0.139 e. The third kappa shape index (κ3) is 4.67. The number of unbranched alkanes of at least 4 members (excludes halogenated alkanes) is 4.